The SMILES string of the molecule is CN(Cc1cccs1)C(=O)CSc1ccccc1Cl. The normalized spacial score (nSPS) is 10.4. The lowest BCUT2D eigenvalue weighted by Gasteiger charge is -2.16. The van der Waals surface area contributed by atoms with E-state index in [9.17, 15) is 4.79 Å². The molecule has 0 saturated heterocycles. The number of hydrogen-bond acceptors (Lipinski definition) is 3. The summed E-state index contributed by atoms with van der Waals surface area (Å²) >= 11 is 9.20. The molecule has 0 fully saturated rings. The second-order valence-electron chi connectivity index (χ2n) is 4.05. The van der Waals surface area contributed by atoms with Gasteiger partial charge in [0.1, 0.15) is 0 Å². The lowest BCUT2D eigenvalue weighted by atomic mass is 10.4. The van der Waals surface area contributed by atoms with Gasteiger partial charge in [-0.25, -0.2) is 0 Å². The summed E-state index contributed by atoms with van der Waals surface area (Å²) in [6, 6.07) is 11.6. The molecule has 1 aromatic carbocycles. The number of benzene rings is 1. The number of amides is 1. The van der Waals surface area contributed by atoms with Crippen molar-refractivity contribution in [1.82, 2.24) is 4.90 Å². The second kappa shape index (κ2) is 6.98. The fraction of sp³-hybridized carbons (Fsp3) is 0.214. The largest absolute Gasteiger partial charge is 0.340 e. The minimum Gasteiger partial charge on any atom is -0.340 e. The molecule has 0 aliphatic heterocycles. The first-order valence-corrected chi connectivity index (χ1v) is 8.05. The fourth-order valence-electron chi connectivity index (χ4n) is 1.54. The summed E-state index contributed by atoms with van der Waals surface area (Å²) < 4.78 is 0. The van der Waals surface area contributed by atoms with Crippen LogP contribution in [-0.4, -0.2) is 23.6 Å². The number of thiophene rings is 1. The number of hydrogen-bond donors (Lipinski definition) is 0. The lowest BCUT2D eigenvalue weighted by Crippen LogP contribution is -2.27. The second-order valence-corrected chi connectivity index (χ2v) is 6.50. The van der Waals surface area contributed by atoms with Crippen LogP contribution < -0.4 is 0 Å². The van der Waals surface area contributed by atoms with Crippen LogP contribution in [0.5, 0.6) is 0 Å². The zero-order valence-electron chi connectivity index (χ0n) is 10.5. The standard InChI is InChI=1S/C14H14ClNOS2/c1-16(9-11-5-4-8-18-11)14(17)10-19-13-7-3-2-6-12(13)15/h2-8H,9-10H2,1H3. The molecule has 2 nitrogen and oxygen atoms in total. The Labute approximate surface area is 126 Å². The van der Waals surface area contributed by atoms with Crippen molar-refractivity contribution >= 4 is 40.6 Å². The zero-order chi connectivity index (χ0) is 13.7. The summed E-state index contributed by atoms with van der Waals surface area (Å²) in [6.45, 7) is 0.666. The number of carbonyl (C=O) groups excluding carboxylic acids is 1. The van der Waals surface area contributed by atoms with Crippen molar-refractivity contribution in [2.24, 2.45) is 0 Å². The highest BCUT2D eigenvalue weighted by Crippen LogP contribution is 2.26. The van der Waals surface area contributed by atoms with Gasteiger partial charge in [0.25, 0.3) is 0 Å². The molecule has 1 heterocycles. The maximum Gasteiger partial charge on any atom is 0.233 e. The molecule has 5 heteroatoms. The number of rotatable bonds is 5. The summed E-state index contributed by atoms with van der Waals surface area (Å²) in [5.41, 5.74) is 0. The Hall–Kier alpha value is -0.970. The van der Waals surface area contributed by atoms with E-state index < -0.39 is 0 Å². The first kappa shape index (κ1) is 14.4. The molecular weight excluding hydrogens is 298 g/mol. The molecule has 2 rings (SSSR count). The van der Waals surface area contributed by atoms with E-state index in [1.807, 2.05) is 48.8 Å². The number of thioether (sulfide) groups is 1. The van der Waals surface area contributed by atoms with Gasteiger partial charge in [-0.05, 0) is 23.6 Å². The predicted molar refractivity (Wildman–Crippen MR) is 83.0 cm³/mol. The third kappa shape index (κ3) is 4.27. The van der Waals surface area contributed by atoms with Crippen molar-refractivity contribution in [3.8, 4) is 0 Å². The maximum absolute atomic E-state index is 12.0. The van der Waals surface area contributed by atoms with Gasteiger partial charge in [0.05, 0.1) is 17.3 Å². The van der Waals surface area contributed by atoms with Gasteiger partial charge in [-0.1, -0.05) is 29.8 Å². The molecule has 0 radical (unpaired) electrons. The fourth-order valence-corrected chi connectivity index (χ4v) is 3.47. The van der Waals surface area contributed by atoms with Crippen LogP contribution >= 0.6 is 34.7 Å². The molecule has 0 saturated carbocycles. The topological polar surface area (TPSA) is 20.3 Å². The van der Waals surface area contributed by atoms with Crippen LogP contribution in [0.2, 0.25) is 5.02 Å². The van der Waals surface area contributed by atoms with Crippen LogP contribution in [0.25, 0.3) is 0 Å². The summed E-state index contributed by atoms with van der Waals surface area (Å²) in [7, 11) is 1.83. The lowest BCUT2D eigenvalue weighted by molar-refractivity contribution is -0.127. The number of halogens is 1. The molecule has 0 N–H and O–H groups in total. The van der Waals surface area contributed by atoms with E-state index >= 15 is 0 Å². The minimum atomic E-state index is 0.110. The molecule has 0 spiro atoms. The van der Waals surface area contributed by atoms with Gasteiger partial charge in [-0.15, -0.1) is 23.1 Å². The number of carbonyl (C=O) groups is 1. The number of nitrogens with zero attached hydrogens (tertiary/aromatic N) is 1. The van der Waals surface area contributed by atoms with Crippen LogP contribution in [0.1, 0.15) is 4.88 Å². The van der Waals surface area contributed by atoms with Gasteiger partial charge in [-0.2, -0.15) is 0 Å². The minimum absolute atomic E-state index is 0.110. The smallest absolute Gasteiger partial charge is 0.233 e. The summed E-state index contributed by atoms with van der Waals surface area (Å²) in [6.07, 6.45) is 0. The van der Waals surface area contributed by atoms with E-state index in [0.717, 1.165) is 4.90 Å². The molecular formula is C14H14ClNOS2. The van der Waals surface area contributed by atoms with Crippen molar-refractivity contribution in [3.05, 3.63) is 51.7 Å². The van der Waals surface area contributed by atoms with Gasteiger partial charge < -0.3 is 4.90 Å². The Kier molecular flexibility index (Phi) is 5.31. The van der Waals surface area contributed by atoms with Crippen LogP contribution in [0.15, 0.2) is 46.7 Å². The van der Waals surface area contributed by atoms with Crippen molar-refractivity contribution in [2.45, 2.75) is 11.4 Å². The summed E-state index contributed by atoms with van der Waals surface area (Å²) in [5, 5.41) is 2.72. The quantitative estimate of drug-likeness (QED) is 0.773. The summed E-state index contributed by atoms with van der Waals surface area (Å²) in [4.78, 5) is 15.9. The Bertz CT molecular complexity index is 542. The highest BCUT2D eigenvalue weighted by atomic mass is 35.5. The first-order valence-electron chi connectivity index (χ1n) is 5.80. The van der Waals surface area contributed by atoms with Crippen LogP contribution in [0.3, 0.4) is 0 Å². The third-order valence-corrected chi connectivity index (χ3v) is 4.95. The monoisotopic (exact) mass is 311 g/mol. The predicted octanol–water partition coefficient (Wildman–Crippen LogP) is 4.15. The van der Waals surface area contributed by atoms with Crippen molar-refractivity contribution < 1.29 is 4.79 Å². The first-order chi connectivity index (χ1) is 9.16. The Morgan fingerprint density at radius 3 is 2.79 bits per heavy atom. The Morgan fingerprint density at radius 1 is 1.32 bits per heavy atom. The van der Waals surface area contributed by atoms with Crippen LogP contribution in [0, 0.1) is 0 Å². The zero-order valence-corrected chi connectivity index (χ0v) is 12.9. The average Bonchev–Trinajstić information content (AvgIpc) is 2.90. The molecule has 1 aromatic heterocycles. The molecule has 0 aliphatic rings. The highest BCUT2D eigenvalue weighted by Gasteiger charge is 2.11. The Morgan fingerprint density at radius 2 is 2.11 bits per heavy atom. The summed E-state index contributed by atoms with van der Waals surface area (Å²) in [5.74, 6) is 0.518. The van der Waals surface area contributed by atoms with E-state index in [1.54, 1.807) is 16.2 Å². The van der Waals surface area contributed by atoms with Crippen molar-refractivity contribution in [3.63, 3.8) is 0 Å². The van der Waals surface area contributed by atoms with Crippen molar-refractivity contribution in [1.29, 1.82) is 0 Å². The molecule has 1 amide bonds. The molecule has 2 aromatic rings. The third-order valence-electron chi connectivity index (χ3n) is 2.59. The van der Waals surface area contributed by atoms with Gasteiger partial charge in [-0.3, -0.25) is 4.79 Å². The highest BCUT2D eigenvalue weighted by molar-refractivity contribution is 8.00. The molecule has 0 unspecified atom stereocenters. The van der Waals surface area contributed by atoms with E-state index in [-0.39, 0.29) is 5.91 Å². The maximum atomic E-state index is 12.0. The Balaban J connectivity index is 1.86. The average molecular weight is 312 g/mol. The van der Waals surface area contributed by atoms with E-state index in [1.165, 1.54) is 16.6 Å². The van der Waals surface area contributed by atoms with Gasteiger partial charge in [0.2, 0.25) is 5.91 Å². The van der Waals surface area contributed by atoms with E-state index in [4.69, 9.17) is 11.6 Å². The molecule has 19 heavy (non-hydrogen) atoms. The molecule has 0 aliphatic carbocycles. The molecule has 100 valence electrons. The molecule has 0 bridgehead atoms. The van der Waals surface area contributed by atoms with Crippen LogP contribution in [0.4, 0.5) is 0 Å². The van der Waals surface area contributed by atoms with Gasteiger partial charge >= 0.3 is 0 Å². The van der Waals surface area contributed by atoms with Gasteiger partial charge in [0.15, 0.2) is 0 Å². The van der Waals surface area contributed by atoms with Gasteiger partial charge in [0, 0.05) is 16.8 Å². The van der Waals surface area contributed by atoms with E-state index in [0.29, 0.717) is 17.3 Å². The molecule has 0 atom stereocenters. The van der Waals surface area contributed by atoms with E-state index in [2.05, 4.69) is 0 Å². The van der Waals surface area contributed by atoms with Crippen molar-refractivity contribution in [2.75, 3.05) is 12.8 Å². The van der Waals surface area contributed by atoms with Crippen LogP contribution in [-0.2, 0) is 11.3 Å².